The van der Waals surface area contributed by atoms with Crippen LogP contribution in [0.5, 0.6) is 5.75 Å². The molecule has 2 unspecified atom stereocenters. The molecule has 3 fully saturated rings. The Balaban J connectivity index is 1.49. The zero-order valence-corrected chi connectivity index (χ0v) is 23.9. The van der Waals surface area contributed by atoms with Crippen LogP contribution < -0.4 is 15.4 Å². The molecule has 204 valence electrons. The number of hydrogen-bond donors (Lipinski definition) is 2. The first-order chi connectivity index (χ1) is 18.0. The maximum Gasteiger partial charge on any atom is 0.244 e. The maximum absolute atomic E-state index is 14.9. The summed E-state index contributed by atoms with van der Waals surface area (Å²) in [6, 6.07) is 4.45. The monoisotopic (exact) mass is 628 g/mol. The molecule has 9 nitrogen and oxygen atoms in total. The van der Waals surface area contributed by atoms with E-state index in [0.717, 1.165) is 12.8 Å². The van der Waals surface area contributed by atoms with Crippen LogP contribution in [0.25, 0.3) is 0 Å². The van der Waals surface area contributed by atoms with Crippen LogP contribution in [0, 0.1) is 5.82 Å². The summed E-state index contributed by atoms with van der Waals surface area (Å²) in [5.41, 5.74) is -1.80. The second kappa shape index (κ2) is 9.72. The minimum atomic E-state index is -4.04. The minimum absolute atomic E-state index is 0.00301. The van der Waals surface area contributed by atoms with E-state index < -0.39 is 49.8 Å². The van der Waals surface area contributed by atoms with Gasteiger partial charge in [0.1, 0.15) is 17.6 Å². The van der Waals surface area contributed by atoms with E-state index in [-0.39, 0.29) is 28.6 Å². The molecule has 0 radical (unpaired) electrons. The zero-order valence-electron chi connectivity index (χ0n) is 20.8. The third-order valence-corrected chi connectivity index (χ3v) is 10.8. The third kappa shape index (κ3) is 4.69. The van der Waals surface area contributed by atoms with Crippen LogP contribution in [0.4, 0.5) is 4.39 Å². The van der Waals surface area contributed by atoms with Gasteiger partial charge in [-0.1, -0.05) is 11.6 Å². The molecule has 2 heterocycles. The van der Waals surface area contributed by atoms with Gasteiger partial charge in [0.2, 0.25) is 11.8 Å². The number of sulfone groups is 1. The quantitative estimate of drug-likeness (QED) is 0.431. The van der Waals surface area contributed by atoms with Gasteiger partial charge in [-0.2, -0.15) is 0 Å². The number of benzene rings is 1. The third-order valence-electron chi connectivity index (χ3n) is 7.72. The number of nitrogens with one attached hydrogen (secondary N) is 2. The average Bonchev–Trinajstić information content (AvgIpc) is 3.80. The molecule has 2 saturated carbocycles. The van der Waals surface area contributed by atoms with Gasteiger partial charge in [-0.3, -0.25) is 19.9 Å². The highest BCUT2D eigenvalue weighted by Gasteiger charge is 2.59. The van der Waals surface area contributed by atoms with Crippen LogP contribution in [-0.2, 0) is 24.8 Å². The Morgan fingerprint density at radius 3 is 2.50 bits per heavy atom. The van der Waals surface area contributed by atoms with Crippen molar-refractivity contribution < 1.29 is 27.1 Å². The summed E-state index contributed by atoms with van der Waals surface area (Å²) in [5, 5.41) is 4.91. The van der Waals surface area contributed by atoms with Crippen LogP contribution in [0.1, 0.15) is 37.8 Å². The fourth-order valence-electron chi connectivity index (χ4n) is 5.11. The van der Waals surface area contributed by atoms with Gasteiger partial charge in [0.25, 0.3) is 0 Å². The van der Waals surface area contributed by atoms with E-state index in [1.165, 1.54) is 42.5 Å². The number of nitrogens with zero attached hydrogens (tertiary/aromatic N) is 2. The van der Waals surface area contributed by atoms with Gasteiger partial charge in [-0.05, 0) is 73.3 Å². The van der Waals surface area contributed by atoms with Gasteiger partial charge in [-0.25, -0.2) is 12.8 Å². The van der Waals surface area contributed by atoms with Gasteiger partial charge >= 0.3 is 0 Å². The molecule has 2 aromatic rings. The number of carbonyl (C=O) groups is 2. The summed E-state index contributed by atoms with van der Waals surface area (Å²) in [4.78, 5) is 32.8. The van der Waals surface area contributed by atoms with Crippen molar-refractivity contribution in [1.29, 1.82) is 0 Å². The highest BCUT2D eigenvalue weighted by Crippen LogP contribution is 2.51. The van der Waals surface area contributed by atoms with Gasteiger partial charge < -0.3 is 15.0 Å². The number of aromatic nitrogens is 1. The van der Waals surface area contributed by atoms with Crippen LogP contribution in [0.2, 0.25) is 5.02 Å². The van der Waals surface area contributed by atoms with E-state index in [4.69, 9.17) is 16.3 Å². The Morgan fingerprint density at radius 2 is 1.95 bits per heavy atom. The first-order valence-corrected chi connectivity index (χ1v) is 14.9. The van der Waals surface area contributed by atoms with Crippen molar-refractivity contribution in [2.75, 3.05) is 20.7 Å². The number of methoxy groups -OCH3 is 1. The number of hydrogen-bond acceptors (Lipinski definition) is 7. The standard InChI is InChI=1S/C25H27BrClFN4O5S/c1-29-25(7-8-25)31-22(33)19-11-16(38(35,36)20-4-3-15(37-2)10-17(20)27)13-32(19)23(34)24(5-6-24)21-18(28)9-14(26)12-30-21/h3-4,9-10,12,16,19,29H,5-8,11,13H2,1-2H3,(H,31,33). The molecule has 2 atom stereocenters. The molecule has 38 heavy (non-hydrogen) atoms. The average molecular weight is 630 g/mol. The summed E-state index contributed by atoms with van der Waals surface area (Å²) in [6.45, 7) is -0.228. The summed E-state index contributed by atoms with van der Waals surface area (Å²) in [7, 11) is -0.868. The normalized spacial score (nSPS) is 23.1. The van der Waals surface area contributed by atoms with Crippen LogP contribution in [-0.4, -0.2) is 67.8 Å². The number of pyridine rings is 1. The molecule has 1 aromatic carbocycles. The Hall–Kier alpha value is -2.28. The topological polar surface area (TPSA) is 118 Å². The second-order valence-corrected chi connectivity index (χ2v) is 13.6. The molecule has 0 bridgehead atoms. The van der Waals surface area contributed by atoms with Gasteiger partial charge in [0.05, 0.1) is 39.0 Å². The molecule has 1 saturated heterocycles. The predicted octanol–water partition coefficient (Wildman–Crippen LogP) is 2.95. The van der Waals surface area contributed by atoms with Crippen molar-refractivity contribution >= 4 is 49.2 Å². The highest BCUT2D eigenvalue weighted by molar-refractivity contribution is 9.10. The molecule has 13 heteroatoms. The molecule has 5 rings (SSSR count). The summed E-state index contributed by atoms with van der Waals surface area (Å²) >= 11 is 9.48. The SMILES string of the molecule is CNC1(NC(=O)C2CC(S(=O)(=O)c3ccc(OC)cc3Cl)CN2C(=O)C2(c3ncc(Br)cc3F)CC2)CC1. The van der Waals surface area contributed by atoms with E-state index in [0.29, 0.717) is 23.1 Å². The Morgan fingerprint density at radius 1 is 1.24 bits per heavy atom. The molecule has 2 aliphatic carbocycles. The summed E-state index contributed by atoms with van der Waals surface area (Å²) in [5.74, 6) is -1.19. The van der Waals surface area contributed by atoms with Crippen molar-refractivity contribution in [3.8, 4) is 5.75 Å². The lowest BCUT2D eigenvalue weighted by Gasteiger charge is -2.29. The van der Waals surface area contributed by atoms with E-state index >= 15 is 0 Å². The van der Waals surface area contributed by atoms with Gasteiger partial charge in [-0.15, -0.1) is 0 Å². The predicted molar refractivity (Wildman–Crippen MR) is 141 cm³/mol. The van der Waals surface area contributed by atoms with Gasteiger partial charge in [0.15, 0.2) is 9.84 Å². The Labute approximate surface area is 233 Å². The summed E-state index contributed by atoms with van der Waals surface area (Å²) < 4.78 is 47.8. The molecule has 0 spiro atoms. The first-order valence-electron chi connectivity index (χ1n) is 12.2. The molecular formula is C25H27BrClFN4O5S. The van der Waals surface area contributed by atoms with E-state index in [1.807, 2.05) is 0 Å². The molecule has 1 aromatic heterocycles. The van der Waals surface area contributed by atoms with E-state index in [1.54, 1.807) is 7.05 Å². The number of halogens is 3. The van der Waals surface area contributed by atoms with Crippen molar-refractivity contribution in [2.45, 2.75) is 59.4 Å². The lowest BCUT2D eigenvalue weighted by Crippen LogP contribution is -2.55. The zero-order chi connectivity index (χ0) is 27.5. The van der Waals surface area contributed by atoms with Crippen LogP contribution in [0.15, 0.2) is 39.8 Å². The van der Waals surface area contributed by atoms with Crippen molar-refractivity contribution in [3.05, 3.63) is 51.5 Å². The molecule has 2 amide bonds. The van der Waals surface area contributed by atoms with Gasteiger partial charge in [0, 0.05) is 23.3 Å². The lowest BCUT2D eigenvalue weighted by molar-refractivity contribution is -0.141. The number of ether oxygens (including phenoxy) is 1. The van der Waals surface area contributed by atoms with Crippen LogP contribution in [0.3, 0.4) is 0 Å². The molecule has 1 aliphatic heterocycles. The Bertz CT molecular complexity index is 1420. The number of amides is 2. The molecular weight excluding hydrogens is 603 g/mol. The molecule has 2 N–H and O–H groups in total. The molecule has 3 aliphatic rings. The highest BCUT2D eigenvalue weighted by atomic mass is 79.9. The fourth-order valence-corrected chi connectivity index (χ4v) is 7.65. The lowest BCUT2D eigenvalue weighted by atomic mass is 9.98. The number of carbonyl (C=O) groups excluding carboxylic acids is 2. The largest absolute Gasteiger partial charge is 0.497 e. The van der Waals surface area contributed by atoms with Crippen molar-refractivity contribution in [2.24, 2.45) is 0 Å². The number of rotatable bonds is 8. The smallest absolute Gasteiger partial charge is 0.244 e. The van der Waals surface area contributed by atoms with Crippen molar-refractivity contribution in [1.82, 2.24) is 20.5 Å². The first kappa shape index (κ1) is 27.3. The van der Waals surface area contributed by atoms with Crippen molar-refractivity contribution in [3.63, 3.8) is 0 Å². The maximum atomic E-state index is 14.9. The Kier molecular flexibility index (Phi) is 6.98. The van der Waals surface area contributed by atoms with Crippen LogP contribution >= 0.6 is 27.5 Å². The summed E-state index contributed by atoms with van der Waals surface area (Å²) in [6.07, 6.45) is 3.44. The van der Waals surface area contributed by atoms with E-state index in [2.05, 4.69) is 31.5 Å². The minimum Gasteiger partial charge on any atom is -0.497 e. The fraction of sp³-hybridized carbons (Fsp3) is 0.480. The second-order valence-electron chi connectivity index (χ2n) is 10.1. The number of likely N-dealkylation sites (tertiary alicyclic amines) is 1. The van der Waals surface area contributed by atoms with E-state index in [9.17, 15) is 22.4 Å².